The van der Waals surface area contributed by atoms with Gasteiger partial charge in [-0.1, -0.05) is 31.2 Å². The first-order chi connectivity index (χ1) is 15.9. The molecule has 1 heterocycles. The largest absolute Gasteiger partial charge is 0.490 e. The molecule has 33 heavy (non-hydrogen) atoms. The van der Waals surface area contributed by atoms with Gasteiger partial charge in [0.05, 0.1) is 17.6 Å². The summed E-state index contributed by atoms with van der Waals surface area (Å²) in [7, 11) is 0. The first-order valence-electron chi connectivity index (χ1n) is 12.4. The minimum atomic E-state index is -2.58. The quantitative estimate of drug-likeness (QED) is 0.492. The van der Waals surface area contributed by atoms with E-state index in [2.05, 4.69) is 11.8 Å². The Morgan fingerprint density at radius 2 is 1.82 bits per heavy atom. The van der Waals surface area contributed by atoms with E-state index in [0.717, 1.165) is 69.1 Å². The molecule has 0 atom stereocenters. The fourth-order valence-electron chi connectivity index (χ4n) is 5.30. The Morgan fingerprint density at radius 3 is 2.48 bits per heavy atom. The van der Waals surface area contributed by atoms with Gasteiger partial charge in [0.1, 0.15) is 5.75 Å². The molecule has 0 spiro atoms. The van der Waals surface area contributed by atoms with Gasteiger partial charge in [0, 0.05) is 0 Å². The normalized spacial score (nSPS) is 22.7. The molecule has 0 radical (unpaired) electrons. The molecule has 0 unspecified atom stereocenters. The van der Waals surface area contributed by atoms with Crippen LogP contribution < -0.4 is 4.74 Å². The molecule has 0 amide bonds. The number of aryl methyl sites for hydroxylation is 1. The highest BCUT2D eigenvalue weighted by molar-refractivity contribution is 5.88. The third kappa shape index (κ3) is 6.03. The van der Waals surface area contributed by atoms with Crippen molar-refractivity contribution in [2.24, 2.45) is 11.8 Å². The van der Waals surface area contributed by atoms with Crippen LogP contribution >= 0.6 is 0 Å². The maximum Gasteiger partial charge on any atom is 0.306 e. The molecule has 1 aliphatic carbocycles. The molecular formula is C27H35F2NO3. The number of halogens is 2. The molecule has 180 valence electrons. The smallest absolute Gasteiger partial charge is 0.306 e. The number of carboxylic acids is 1. The average Bonchev–Trinajstić information content (AvgIpc) is 2.80. The van der Waals surface area contributed by atoms with Gasteiger partial charge >= 0.3 is 5.97 Å². The van der Waals surface area contributed by atoms with E-state index in [4.69, 9.17) is 9.84 Å². The van der Waals surface area contributed by atoms with Crippen LogP contribution in [0.25, 0.3) is 10.8 Å². The van der Waals surface area contributed by atoms with Crippen molar-refractivity contribution < 1.29 is 23.4 Å². The van der Waals surface area contributed by atoms with E-state index in [1.54, 1.807) is 6.07 Å². The van der Waals surface area contributed by atoms with Crippen molar-refractivity contribution >= 4 is 16.7 Å². The molecule has 1 N–H and O–H groups in total. The number of benzene rings is 2. The maximum absolute atomic E-state index is 14.0. The van der Waals surface area contributed by atoms with Gasteiger partial charge < -0.3 is 14.7 Å². The number of carboxylic acid groups (broad SMARTS) is 1. The summed E-state index contributed by atoms with van der Waals surface area (Å²) in [4.78, 5) is 13.4. The molecule has 4 nitrogen and oxygen atoms in total. The number of hydrogen-bond acceptors (Lipinski definition) is 3. The van der Waals surface area contributed by atoms with E-state index in [1.807, 2.05) is 24.3 Å². The first kappa shape index (κ1) is 23.9. The monoisotopic (exact) mass is 459 g/mol. The third-order valence-corrected chi connectivity index (χ3v) is 7.44. The Bertz CT molecular complexity index is 948. The van der Waals surface area contributed by atoms with Crippen molar-refractivity contribution in [1.82, 2.24) is 4.90 Å². The number of ether oxygens (including phenoxy) is 1. The summed E-state index contributed by atoms with van der Waals surface area (Å²) in [6.45, 7) is 4.82. The first-order valence-corrected chi connectivity index (χ1v) is 12.4. The lowest BCUT2D eigenvalue weighted by atomic mass is 9.89. The van der Waals surface area contributed by atoms with Crippen LogP contribution in [0, 0.1) is 11.8 Å². The molecule has 0 aromatic heterocycles. The number of aliphatic carboxylic acids is 1. The number of rotatable bonds is 8. The number of carbonyl (C=O) groups is 1. The van der Waals surface area contributed by atoms with Gasteiger partial charge in [0.2, 0.25) is 0 Å². The number of piperidine rings is 1. The Balaban J connectivity index is 1.39. The number of hydrogen-bond donors (Lipinski definition) is 1. The van der Waals surface area contributed by atoms with Gasteiger partial charge in [0.25, 0.3) is 6.43 Å². The van der Waals surface area contributed by atoms with Crippen LogP contribution in [0.2, 0.25) is 0 Å². The zero-order chi connectivity index (χ0) is 23.4. The molecule has 0 bridgehead atoms. The zero-order valence-electron chi connectivity index (χ0n) is 19.4. The Morgan fingerprint density at radius 1 is 1.09 bits per heavy atom. The Kier molecular flexibility index (Phi) is 7.84. The summed E-state index contributed by atoms with van der Waals surface area (Å²) in [6.07, 6.45) is 4.74. The van der Waals surface area contributed by atoms with E-state index < -0.39 is 12.4 Å². The van der Waals surface area contributed by atoms with Crippen molar-refractivity contribution in [3.8, 4) is 5.75 Å². The highest BCUT2D eigenvalue weighted by Gasteiger charge is 2.25. The standard InChI is InChI=1S/C27H35F2NO3/c1-18-4-8-22(9-5-18)33-24-11-7-21-17-19(6-10-23(21)25(24)26(28)29)3-2-14-30-15-12-20(13-16-30)27(31)32/h6-7,10-11,17-18,20,22,26H,2-5,8-9,12-16H2,1H3,(H,31,32). The lowest BCUT2D eigenvalue weighted by Gasteiger charge is -2.29. The average molecular weight is 460 g/mol. The molecule has 1 saturated carbocycles. The van der Waals surface area contributed by atoms with Crippen LogP contribution in [-0.4, -0.2) is 41.7 Å². The van der Waals surface area contributed by atoms with Gasteiger partial charge in [-0.05, 0) is 99.3 Å². The Labute approximate surface area is 194 Å². The van der Waals surface area contributed by atoms with Crippen LogP contribution in [0.4, 0.5) is 8.78 Å². The summed E-state index contributed by atoms with van der Waals surface area (Å²) in [5.74, 6) is 0.123. The topological polar surface area (TPSA) is 49.8 Å². The third-order valence-electron chi connectivity index (χ3n) is 7.44. The predicted octanol–water partition coefficient (Wildman–Crippen LogP) is 6.46. The number of nitrogens with zero attached hydrogens (tertiary/aromatic N) is 1. The molecule has 2 fully saturated rings. The minimum Gasteiger partial charge on any atom is -0.490 e. The fourth-order valence-corrected chi connectivity index (χ4v) is 5.30. The second-order valence-corrected chi connectivity index (χ2v) is 9.89. The van der Waals surface area contributed by atoms with Gasteiger partial charge in [-0.2, -0.15) is 0 Å². The highest BCUT2D eigenvalue weighted by atomic mass is 19.3. The predicted molar refractivity (Wildman–Crippen MR) is 126 cm³/mol. The molecule has 1 aliphatic heterocycles. The molecule has 6 heteroatoms. The number of fused-ring (bicyclic) bond motifs is 1. The zero-order valence-corrected chi connectivity index (χ0v) is 19.4. The van der Waals surface area contributed by atoms with Gasteiger partial charge in [-0.15, -0.1) is 0 Å². The van der Waals surface area contributed by atoms with Crippen LogP contribution in [0.15, 0.2) is 30.3 Å². The van der Waals surface area contributed by atoms with Crippen LogP contribution in [-0.2, 0) is 11.2 Å². The molecule has 2 aromatic rings. The van der Waals surface area contributed by atoms with Crippen LogP contribution in [0.5, 0.6) is 5.75 Å². The highest BCUT2D eigenvalue weighted by Crippen LogP contribution is 2.38. The van der Waals surface area contributed by atoms with Gasteiger partial charge in [-0.3, -0.25) is 4.79 Å². The molecule has 2 aromatic carbocycles. The van der Waals surface area contributed by atoms with Crippen molar-refractivity contribution in [3.63, 3.8) is 0 Å². The van der Waals surface area contributed by atoms with Crippen molar-refractivity contribution in [3.05, 3.63) is 41.5 Å². The van der Waals surface area contributed by atoms with E-state index in [9.17, 15) is 13.6 Å². The summed E-state index contributed by atoms with van der Waals surface area (Å²) in [6, 6.07) is 9.42. The second kappa shape index (κ2) is 10.8. The van der Waals surface area contributed by atoms with Crippen molar-refractivity contribution in [2.75, 3.05) is 19.6 Å². The second-order valence-electron chi connectivity index (χ2n) is 9.89. The molecule has 1 saturated heterocycles. The van der Waals surface area contributed by atoms with Gasteiger partial charge in [0.15, 0.2) is 0 Å². The summed E-state index contributed by atoms with van der Waals surface area (Å²) in [5, 5.41) is 10.5. The van der Waals surface area contributed by atoms with Crippen LogP contribution in [0.1, 0.15) is 69.4 Å². The molecular weight excluding hydrogens is 424 g/mol. The fraction of sp³-hybridized carbons (Fsp3) is 0.593. The molecule has 2 aliphatic rings. The Hall–Kier alpha value is -2.21. The van der Waals surface area contributed by atoms with E-state index in [-0.39, 0.29) is 17.6 Å². The summed E-state index contributed by atoms with van der Waals surface area (Å²) in [5.41, 5.74) is 1.15. The lowest BCUT2D eigenvalue weighted by Crippen LogP contribution is -2.36. The summed E-state index contributed by atoms with van der Waals surface area (Å²) >= 11 is 0. The molecule has 4 rings (SSSR count). The van der Waals surface area contributed by atoms with E-state index >= 15 is 0 Å². The number of alkyl halides is 2. The lowest BCUT2D eigenvalue weighted by molar-refractivity contribution is -0.143. The van der Waals surface area contributed by atoms with Crippen molar-refractivity contribution in [2.45, 2.75) is 70.8 Å². The number of likely N-dealkylation sites (tertiary alicyclic amines) is 1. The maximum atomic E-state index is 14.0. The SMILES string of the molecule is CC1CCC(Oc2ccc3cc(CCCN4CCC(C(=O)O)CC4)ccc3c2C(F)F)CC1. The minimum absolute atomic E-state index is 0.0129. The van der Waals surface area contributed by atoms with Crippen molar-refractivity contribution in [1.29, 1.82) is 0 Å². The summed E-state index contributed by atoms with van der Waals surface area (Å²) < 4.78 is 34.1. The van der Waals surface area contributed by atoms with Crippen LogP contribution in [0.3, 0.4) is 0 Å². The van der Waals surface area contributed by atoms with E-state index in [0.29, 0.717) is 29.9 Å². The van der Waals surface area contributed by atoms with Gasteiger partial charge in [-0.25, -0.2) is 8.78 Å². The van der Waals surface area contributed by atoms with E-state index in [1.165, 1.54) is 0 Å².